The molecule has 0 amide bonds. The Kier molecular flexibility index (Phi) is 28.4. The van der Waals surface area contributed by atoms with E-state index in [4.69, 9.17) is 9.47 Å². The minimum atomic E-state index is -0.486. The Morgan fingerprint density at radius 2 is 1.57 bits per heavy atom. The summed E-state index contributed by atoms with van der Waals surface area (Å²) in [5.74, 6) is -0.322. The molecule has 0 aromatic carbocycles. The predicted molar refractivity (Wildman–Crippen MR) is 83.9 cm³/mol. The van der Waals surface area contributed by atoms with Crippen molar-refractivity contribution in [3.63, 3.8) is 0 Å². The number of rotatable bonds is 11. The van der Waals surface area contributed by atoms with Crippen molar-refractivity contribution in [3.8, 4) is 0 Å². The third kappa shape index (κ3) is 29.1. The van der Waals surface area contributed by atoms with Crippen molar-refractivity contribution in [1.82, 2.24) is 0 Å². The van der Waals surface area contributed by atoms with Gasteiger partial charge in [-0.25, -0.2) is 0 Å². The molecule has 0 aliphatic heterocycles. The fourth-order valence-corrected chi connectivity index (χ4v) is 1.66. The number of aliphatic hydroxyl groups is 1. The maximum Gasteiger partial charge on any atom is 1.00 e. The van der Waals surface area contributed by atoms with Crippen LogP contribution in [0.15, 0.2) is 0 Å². The number of ether oxygens (including phenoxy) is 2. The normalized spacial score (nSPS) is 10.9. The van der Waals surface area contributed by atoms with E-state index in [9.17, 15) is 9.90 Å². The Morgan fingerprint density at radius 1 is 1.05 bits per heavy atom. The Bertz CT molecular complexity index is 205. The summed E-state index contributed by atoms with van der Waals surface area (Å²) in [5, 5.41) is 9.42. The zero-order valence-corrected chi connectivity index (χ0v) is 16.8. The Hall–Kier alpha value is 0.390. The molecule has 5 heteroatoms. The molecular weight excluding hydrogens is 279 g/mol. The van der Waals surface area contributed by atoms with Gasteiger partial charge in [0, 0.05) is 20.1 Å². The summed E-state index contributed by atoms with van der Waals surface area (Å²) >= 11 is 0. The molecule has 1 N–H and O–H groups in total. The molecule has 1 unspecified atom stereocenters. The molecule has 4 nitrogen and oxygen atoms in total. The molecule has 0 fully saturated rings. The average Bonchev–Trinajstić information content (AvgIpc) is 2.42. The van der Waals surface area contributed by atoms with Crippen LogP contribution < -0.4 is 29.6 Å². The maximum absolute atomic E-state index is 10.5. The molecule has 0 spiro atoms. The summed E-state index contributed by atoms with van der Waals surface area (Å²) in [6, 6.07) is 0. The van der Waals surface area contributed by atoms with E-state index in [0.717, 1.165) is 32.5 Å². The molecule has 0 bridgehead atoms. The first-order chi connectivity index (χ1) is 9.58. The monoisotopic (exact) mass is 314 g/mol. The summed E-state index contributed by atoms with van der Waals surface area (Å²) in [4.78, 5) is 10.5. The van der Waals surface area contributed by atoms with E-state index in [1.807, 2.05) is 13.8 Å². The van der Waals surface area contributed by atoms with Gasteiger partial charge in [0.25, 0.3) is 0 Å². The first kappa shape index (κ1) is 26.3. The van der Waals surface area contributed by atoms with Gasteiger partial charge in [-0.3, -0.25) is 4.79 Å². The summed E-state index contributed by atoms with van der Waals surface area (Å²) < 4.78 is 9.54. The van der Waals surface area contributed by atoms with Crippen LogP contribution >= 0.6 is 0 Å². The molecule has 0 rings (SSSR count). The molecule has 1 atom stereocenters. The van der Waals surface area contributed by atoms with Crippen LogP contribution in [0.4, 0.5) is 0 Å². The number of esters is 1. The third-order valence-corrected chi connectivity index (χ3v) is 2.78. The zero-order valence-electron chi connectivity index (χ0n) is 15.8. The topological polar surface area (TPSA) is 55.8 Å². The molecule has 0 aliphatic carbocycles. The van der Waals surface area contributed by atoms with Crippen LogP contribution in [0.25, 0.3) is 0 Å². The van der Waals surface area contributed by atoms with Gasteiger partial charge >= 0.3 is 35.5 Å². The van der Waals surface area contributed by atoms with Crippen LogP contribution in [0, 0.1) is 0 Å². The van der Waals surface area contributed by atoms with E-state index < -0.39 is 6.10 Å². The second kappa shape index (κ2) is 22.7. The second-order valence-corrected chi connectivity index (χ2v) is 4.79. The minimum absolute atomic E-state index is 0. The van der Waals surface area contributed by atoms with Gasteiger partial charge in [-0.15, -0.1) is 0 Å². The van der Waals surface area contributed by atoms with Gasteiger partial charge in [-0.1, -0.05) is 45.4 Å². The van der Waals surface area contributed by atoms with Crippen molar-refractivity contribution in [3.05, 3.63) is 0 Å². The van der Waals surface area contributed by atoms with Gasteiger partial charge in [0.1, 0.15) is 6.61 Å². The van der Waals surface area contributed by atoms with Crippen LogP contribution in [0.1, 0.15) is 74.1 Å². The first-order valence-corrected chi connectivity index (χ1v) is 7.97. The molecule has 0 heterocycles. The summed E-state index contributed by atoms with van der Waals surface area (Å²) in [5.41, 5.74) is 0. The van der Waals surface area contributed by atoms with Gasteiger partial charge in [0.2, 0.25) is 0 Å². The van der Waals surface area contributed by atoms with Gasteiger partial charge in [-0.2, -0.15) is 0 Å². The van der Waals surface area contributed by atoms with Crippen molar-refractivity contribution < 1.29 is 50.4 Å². The van der Waals surface area contributed by atoms with E-state index in [1.54, 1.807) is 0 Å². The Morgan fingerprint density at radius 3 is 2.00 bits per heavy atom. The molecule has 0 saturated carbocycles. The van der Waals surface area contributed by atoms with E-state index >= 15 is 0 Å². The SMILES string of the molecule is CCCCCCCCC(O)COC(C)=O.CCOCC.[H-].[Na+]. The van der Waals surface area contributed by atoms with Gasteiger partial charge in [-0.05, 0) is 20.3 Å². The van der Waals surface area contributed by atoms with Crippen LogP contribution in [-0.2, 0) is 14.3 Å². The summed E-state index contributed by atoms with van der Waals surface area (Å²) in [6.45, 7) is 9.37. The number of carbonyl (C=O) groups is 1. The second-order valence-electron chi connectivity index (χ2n) is 4.79. The average molecular weight is 314 g/mol. The number of hydrogen-bond donors (Lipinski definition) is 1. The molecule has 0 aliphatic rings. The summed E-state index contributed by atoms with van der Waals surface area (Å²) in [7, 11) is 0. The van der Waals surface area contributed by atoms with Gasteiger partial charge < -0.3 is 16.0 Å². The number of unbranched alkanes of at least 4 members (excludes halogenated alkanes) is 5. The van der Waals surface area contributed by atoms with Crippen molar-refractivity contribution in [2.75, 3.05) is 19.8 Å². The van der Waals surface area contributed by atoms with Gasteiger partial charge in [0.05, 0.1) is 6.10 Å². The largest absolute Gasteiger partial charge is 1.00 e. The standard InChI is InChI=1S/C12H24O3.C4H10O.Na.H/c1-3-4-5-6-7-8-9-12(14)10-15-11(2)13;1-3-5-4-2;;/h12,14H,3-10H2,1-2H3;3-4H2,1-2H3;;/q;;+1;-1. The van der Waals surface area contributed by atoms with Crippen molar-refractivity contribution >= 4 is 5.97 Å². The third-order valence-electron chi connectivity index (χ3n) is 2.78. The zero-order chi connectivity index (χ0) is 15.6. The molecule has 0 radical (unpaired) electrons. The van der Waals surface area contributed by atoms with E-state index in [1.165, 1.54) is 32.6 Å². The van der Waals surface area contributed by atoms with Crippen LogP contribution in [-0.4, -0.2) is 37.0 Å². The van der Waals surface area contributed by atoms with Crippen molar-refractivity contribution in [2.45, 2.75) is 78.7 Å². The maximum atomic E-state index is 10.5. The summed E-state index contributed by atoms with van der Waals surface area (Å²) in [6.07, 6.45) is 7.53. The van der Waals surface area contributed by atoms with Gasteiger partial charge in [0.15, 0.2) is 0 Å². The smallest absolute Gasteiger partial charge is 1.00 e. The number of hydrogen-bond acceptors (Lipinski definition) is 4. The molecule has 0 aromatic heterocycles. The Balaban J connectivity index is -0.000000201. The molecule has 0 aromatic rings. The quantitative estimate of drug-likeness (QED) is 0.348. The molecule has 124 valence electrons. The van der Waals surface area contributed by atoms with Crippen LogP contribution in [0.5, 0.6) is 0 Å². The van der Waals surface area contributed by atoms with Crippen molar-refractivity contribution in [2.24, 2.45) is 0 Å². The van der Waals surface area contributed by atoms with E-state index in [0.29, 0.717) is 0 Å². The van der Waals surface area contributed by atoms with E-state index in [-0.39, 0.29) is 43.6 Å². The number of carbonyl (C=O) groups excluding carboxylic acids is 1. The molecule has 21 heavy (non-hydrogen) atoms. The fourth-order valence-electron chi connectivity index (χ4n) is 1.66. The predicted octanol–water partition coefficient (Wildman–Crippen LogP) is 0.820. The Labute approximate surface area is 154 Å². The fraction of sp³-hybridized carbons (Fsp3) is 0.938. The number of aliphatic hydroxyl groups excluding tert-OH is 1. The van der Waals surface area contributed by atoms with E-state index in [2.05, 4.69) is 6.92 Å². The van der Waals surface area contributed by atoms with Crippen molar-refractivity contribution in [1.29, 1.82) is 0 Å². The molecular formula is C16H35NaO4. The van der Waals surface area contributed by atoms with Crippen LogP contribution in [0.3, 0.4) is 0 Å². The minimum Gasteiger partial charge on any atom is -1.00 e. The first-order valence-electron chi connectivity index (χ1n) is 7.97. The van der Waals surface area contributed by atoms with Crippen LogP contribution in [0.2, 0.25) is 0 Å². The molecule has 0 saturated heterocycles.